The fourth-order valence-corrected chi connectivity index (χ4v) is 4.36. The van der Waals surface area contributed by atoms with E-state index in [9.17, 15) is 14.4 Å². The molecule has 0 radical (unpaired) electrons. The molecule has 37 heavy (non-hydrogen) atoms. The van der Waals surface area contributed by atoms with Crippen molar-refractivity contribution < 1.29 is 19.1 Å². The Morgan fingerprint density at radius 2 is 1.59 bits per heavy atom. The third-order valence-electron chi connectivity index (χ3n) is 6.17. The SMILES string of the molecule is CCCCCCCCN(C(=O)C(C)NC(=O)OC(C)(C)C)C(C(=O)NC(C)CCC)c1cccc(C)c1. The summed E-state index contributed by atoms with van der Waals surface area (Å²) in [5.41, 5.74) is 1.11. The zero-order valence-corrected chi connectivity index (χ0v) is 24.5. The summed E-state index contributed by atoms with van der Waals surface area (Å²) in [6.45, 7) is 15.6. The number of rotatable bonds is 15. The Hall–Kier alpha value is -2.57. The smallest absolute Gasteiger partial charge is 0.408 e. The number of hydrogen-bond donors (Lipinski definition) is 2. The molecule has 0 aliphatic heterocycles. The second-order valence-electron chi connectivity index (χ2n) is 11.2. The van der Waals surface area contributed by atoms with Gasteiger partial charge in [-0.05, 0) is 59.9 Å². The molecule has 0 spiro atoms. The molecule has 210 valence electrons. The van der Waals surface area contributed by atoms with Crippen molar-refractivity contribution in [3.05, 3.63) is 35.4 Å². The van der Waals surface area contributed by atoms with Crippen molar-refractivity contribution in [3.63, 3.8) is 0 Å². The summed E-state index contributed by atoms with van der Waals surface area (Å²) in [5.74, 6) is -0.500. The average Bonchev–Trinajstić information content (AvgIpc) is 2.78. The van der Waals surface area contributed by atoms with Gasteiger partial charge in [0.05, 0.1) is 0 Å². The summed E-state index contributed by atoms with van der Waals surface area (Å²) in [4.78, 5) is 41.5. The van der Waals surface area contributed by atoms with E-state index in [1.54, 1.807) is 32.6 Å². The van der Waals surface area contributed by atoms with Gasteiger partial charge in [0, 0.05) is 12.6 Å². The van der Waals surface area contributed by atoms with Crippen molar-refractivity contribution in [3.8, 4) is 0 Å². The summed E-state index contributed by atoms with van der Waals surface area (Å²) < 4.78 is 5.36. The van der Waals surface area contributed by atoms with E-state index in [2.05, 4.69) is 24.5 Å². The highest BCUT2D eigenvalue weighted by molar-refractivity contribution is 5.92. The zero-order chi connectivity index (χ0) is 28.0. The Labute approximate surface area is 225 Å². The van der Waals surface area contributed by atoms with Gasteiger partial charge in [-0.1, -0.05) is 82.2 Å². The van der Waals surface area contributed by atoms with Crippen molar-refractivity contribution in [1.29, 1.82) is 0 Å². The van der Waals surface area contributed by atoms with Crippen LogP contribution in [0.15, 0.2) is 24.3 Å². The van der Waals surface area contributed by atoms with Crippen molar-refractivity contribution in [2.24, 2.45) is 0 Å². The second kappa shape index (κ2) is 16.3. The number of nitrogens with zero attached hydrogens (tertiary/aromatic N) is 1. The number of carbonyl (C=O) groups excluding carboxylic acids is 3. The normalized spacial score (nSPS) is 13.8. The minimum Gasteiger partial charge on any atom is -0.444 e. The predicted octanol–water partition coefficient (Wildman–Crippen LogP) is 6.44. The van der Waals surface area contributed by atoms with Crippen LogP contribution in [0, 0.1) is 6.92 Å². The van der Waals surface area contributed by atoms with Crippen molar-refractivity contribution in [2.75, 3.05) is 6.54 Å². The highest BCUT2D eigenvalue weighted by Crippen LogP contribution is 2.25. The first-order valence-corrected chi connectivity index (χ1v) is 14.1. The molecule has 0 saturated heterocycles. The van der Waals surface area contributed by atoms with Gasteiger partial charge in [0.15, 0.2) is 0 Å². The minimum atomic E-state index is -0.844. The molecule has 1 rings (SSSR count). The van der Waals surface area contributed by atoms with Crippen LogP contribution in [0.4, 0.5) is 4.79 Å². The Kier molecular flexibility index (Phi) is 14.3. The van der Waals surface area contributed by atoms with Gasteiger partial charge in [0.1, 0.15) is 17.7 Å². The number of ether oxygens (including phenoxy) is 1. The topological polar surface area (TPSA) is 87.7 Å². The Bertz CT molecular complexity index is 849. The molecule has 2 N–H and O–H groups in total. The van der Waals surface area contributed by atoms with Crippen molar-refractivity contribution in [2.45, 2.75) is 130 Å². The van der Waals surface area contributed by atoms with Crippen LogP contribution in [-0.2, 0) is 14.3 Å². The van der Waals surface area contributed by atoms with Gasteiger partial charge in [-0.3, -0.25) is 9.59 Å². The Morgan fingerprint density at radius 3 is 2.19 bits per heavy atom. The van der Waals surface area contributed by atoms with Gasteiger partial charge in [-0.15, -0.1) is 0 Å². The summed E-state index contributed by atoms with van der Waals surface area (Å²) in [6, 6.07) is 6.11. The number of amides is 3. The molecule has 3 amide bonds. The maximum Gasteiger partial charge on any atom is 0.408 e. The lowest BCUT2D eigenvalue weighted by molar-refractivity contribution is -0.142. The predicted molar refractivity (Wildman–Crippen MR) is 150 cm³/mol. The maximum atomic E-state index is 13.8. The van der Waals surface area contributed by atoms with E-state index in [1.807, 2.05) is 38.1 Å². The molecule has 0 heterocycles. The van der Waals surface area contributed by atoms with Crippen LogP contribution in [0.1, 0.15) is 117 Å². The number of nitrogens with one attached hydrogen (secondary N) is 2. The second-order valence-corrected chi connectivity index (χ2v) is 11.2. The molecule has 0 saturated carbocycles. The van der Waals surface area contributed by atoms with Crippen LogP contribution < -0.4 is 10.6 Å². The number of benzene rings is 1. The van der Waals surface area contributed by atoms with Crippen LogP contribution in [0.3, 0.4) is 0 Å². The van der Waals surface area contributed by atoms with Gasteiger partial charge in [0.25, 0.3) is 0 Å². The quantitative estimate of drug-likeness (QED) is 0.262. The molecular weight excluding hydrogens is 466 g/mol. The van der Waals surface area contributed by atoms with E-state index in [0.29, 0.717) is 6.54 Å². The molecule has 0 aliphatic carbocycles. The monoisotopic (exact) mass is 517 g/mol. The molecular formula is C30H51N3O4. The van der Waals surface area contributed by atoms with E-state index in [1.165, 1.54) is 12.8 Å². The molecule has 7 heteroatoms. The molecule has 0 fully saturated rings. The molecule has 0 aliphatic rings. The standard InChI is InChI=1S/C30H51N3O4/c1-9-11-12-13-14-15-20-33(28(35)24(5)32-29(36)37-30(6,7)8)26(25-19-16-18-22(3)21-25)27(34)31-23(4)17-10-2/h16,18-19,21,23-24,26H,9-15,17,20H2,1-8H3,(H,31,34)(H,32,36). The molecule has 0 aromatic heterocycles. The van der Waals surface area contributed by atoms with Gasteiger partial charge >= 0.3 is 6.09 Å². The van der Waals surface area contributed by atoms with Crippen LogP contribution in [-0.4, -0.2) is 47.0 Å². The van der Waals surface area contributed by atoms with Crippen LogP contribution in [0.2, 0.25) is 0 Å². The molecule has 1 aromatic carbocycles. The first-order valence-electron chi connectivity index (χ1n) is 14.1. The van der Waals surface area contributed by atoms with Crippen LogP contribution >= 0.6 is 0 Å². The third kappa shape index (κ3) is 12.5. The van der Waals surface area contributed by atoms with E-state index in [4.69, 9.17) is 4.74 Å². The highest BCUT2D eigenvalue weighted by Gasteiger charge is 2.35. The third-order valence-corrected chi connectivity index (χ3v) is 6.17. The lowest BCUT2D eigenvalue weighted by atomic mass is 9.99. The number of aryl methyl sites for hydroxylation is 1. The van der Waals surface area contributed by atoms with E-state index in [0.717, 1.165) is 49.7 Å². The van der Waals surface area contributed by atoms with Gasteiger partial charge in [0.2, 0.25) is 11.8 Å². The largest absolute Gasteiger partial charge is 0.444 e. The molecule has 3 atom stereocenters. The molecule has 7 nitrogen and oxygen atoms in total. The van der Waals surface area contributed by atoms with Gasteiger partial charge in [-0.25, -0.2) is 4.79 Å². The van der Waals surface area contributed by atoms with Crippen LogP contribution in [0.25, 0.3) is 0 Å². The van der Waals surface area contributed by atoms with Crippen LogP contribution in [0.5, 0.6) is 0 Å². The highest BCUT2D eigenvalue weighted by atomic mass is 16.6. The first kappa shape index (κ1) is 32.5. The van der Waals surface area contributed by atoms with E-state index >= 15 is 0 Å². The summed E-state index contributed by atoms with van der Waals surface area (Å²) in [7, 11) is 0. The van der Waals surface area contributed by atoms with E-state index < -0.39 is 23.8 Å². The summed E-state index contributed by atoms with van der Waals surface area (Å²) in [5, 5.41) is 5.79. The first-order chi connectivity index (χ1) is 17.4. The maximum absolute atomic E-state index is 13.8. The fraction of sp³-hybridized carbons (Fsp3) is 0.700. The number of hydrogen-bond acceptors (Lipinski definition) is 4. The Balaban J connectivity index is 3.27. The summed E-state index contributed by atoms with van der Waals surface area (Å²) >= 11 is 0. The molecule has 1 aromatic rings. The fourth-order valence-electron chi connectivity index (χ4n) is 4.36. The average molecular weight is 518 g/mol. The number of unbranched alkanes of at least 4 members (excludes halogenated alkanes) is 5. The number of carbonyl (C=O) groups is 3. The Morgan fingerprint density at radius 1 is 0.946 bits per heavy atom. The lowest BCUT2D eigenvalue weighted by Gasteiger charge is -2.34. The minimum absolute atomic E-state index is 0.00637. The molecule has 0 bridgehead atoms. The lowest BCUT2D eigenvalue weighted by Crippen LogP contribution is -2.52. The van der Waals surface area contributed by atoms with Crippen molar-refractivity contribution >= 4 is 17.9 Å². The summed E-state index contributed by atoms with van der Waals surface area (Å²) in [6.07, 6.45) is 7.55. The van der Waals surface area contributed by atoms with Gasteiger partial charge < -0.3 is 20.3 Å². The van der Waals surface area contributed by atoms with Gasteiger partial charge in [-0.2, -0.15) is 0 Å². The zero-order valence-electron chi connectivity index (χ0n) is 24.5. The van der Waals surface area contributed by atoms with Crippen molar-refractivity contribution in [1.82, 2.24) is 15.5 Å². The van der Waals surface area contributed by atoms with E-state index in [-0.39, 0.29) is 17.9 Å². The molecule has 3 unspecified atom stereocenters. The number of alkyl carbamates (subject to hydrolysis) is 1.